The van der Waals surface area contributed by atoms with Crippen LogP contribution in [0.4, 0.5) is 0 Å². The van der Waals surface area contributed by atoms with Gasteiger partial charge in [-0.15, -0.1) is 0 Å². The number of hydrogen-bond donors (Lipinski definition) is 2. The fourth-order valence-electron chi connectivity index (χ4n) is 4.01. The number of sulfone groups is 1. The molecule has 1 atom stereocenters. The van der Waals surface area contributed by atoms with E-state index in [1.807, 2.05) is 57.2 Å². The average Bonchev–Trinajstić information content (AvgIpc) is 3.36. The van der Waals surface area contributed by atoms with Gasteiger partial charge in [0.05, 0.1) is 5.75 Å². The summed E-state index contributed by atoms with van der Waals surface area (Å²) >= 11 is 0. The monoisotopic (exact) mass is 534 g/mol. The molecule has 1 fully saturated rings. The number of carbonyl (C=O) groups is 2. The van der Waals surface area contributed by atoms with Crippen molar-refractivity contribution >= 4 is 21.7 Å². The second kappa shape index (κ2) is 16.2. The third kappa shape index (κ3) is 11.0. The number of ether oxygens (including phenoxy) is 1. The maximum absolute atomic E-state index is 13.1. The zero-order valence-corrected chi connectivity index (χ0v) is 23.7. The van der Waals surface area contributed by atoms with Gasteiger partial charge in [0.1, 0.15) is 15.9 Å². The highest BCUT2D eigenvalue weighted by atomic mass is 32.2. The van der Waals surface area contributed by atoms with Gasteiger partial charge in [0.25, 0.3) is 5.91 Å². The molecule has 1 unspecified atom stereocenters. The fraction of sp³-hybridized carbons (Fsp3) is 0.500. The highest BCUT2D eigenvalue weighted by molar-refractivity contribution is 7.90. The normalized spacial score (nSPS) is 14.0. The van der Waals surface area contributed by atoms with Crippen molar-refractivity contribution < 1.29 is 27.9 Å². The number of carbonyl (C=O) groups excluding carboxylic acids is 1. The number of aryl methyl sites for hydroxylation is 1. The molecule has 206 valence electrons. The quantitative estimate of drug-likeness (QED) is 0.497. The number of carboxylic acids is 1. The predicted octanol–water partition coefficient (Wildman–Crippen LogP) is 4.16. The first-order valence-electron chi connectivity index (χ1n) is 12.6. The van der Waals surface area contributed by atoms with Gasteiger partial charge in [-0.3, -0.25) is 9.69 Å². The first-order valence-corrected chi connectivity index (χ1v) is 14.6. The van der Waals surface area contributed by atoms with Gasteiger partial charge in [-0.25, -0.2) is 13.2 Å². The third-order valence-corrected chi connectivity index (χ3v) is 6.73. The molecule has 0 bridgehead atoms. The lowest BCUT2D eigenvalue weighted by Gasteiger charge is -2.19. The molecule has 2 N–H and O–H groups in total. The standard InChI is InChI=1S/C24H30N2O5S.C2H6O.C2H6/c1-17-7-3-4-8-19(17)21-15-18(16-26-12-5-6-13-26)9-10-20(21)23(27)25-22(24(28)29)11-14-32(2,30)31;1-3-2;1-2/h3-4,7-10,15,22H,5-6,11-14,16H2,1-2H3,(H,25,27)(H,28,29);1-2H3;1-2H3. The van der Waals surface area contributed by atoms with Crippen molar-refractivity contribution in [1.82, 2.24) is 10.2 Å². The van der Waals surface area contributed by atoms with Crippen molar-refractivity contribution in [3.8, 4) is 11.1 Å². The van der Waals surface area contributed by atoms with Crippen LogP contribution in [0.15, 0.2) is 42.5 Å². The summed E-state index contributed by atoms with van der Waals surface area (Å²) in [6.45, 7) is 8.88. The Balaban J connectivity index is 0.00000127. The number of methoxy groups -OCH3 is 1. The van der Waals surface area contributed by atoms with Gasteiger partial charge in [0.2, 0.25) is 0 Å². The number of rotatable bonds is 9. The minimum atomic E-state index is -3.35. The smallest absolute Gasteiger partial charge is 0.326 e. The van der Waals surface area contributed by atoms with Crippen LogP contribution in [-0.2, 0) is 25.9 Å². The number of likely N-dealkylation sites (tertiary alicyclic amines) is 1. The first-order chi connectivity index (χ1) is 17.6. The lowest BCUT2D eigenvalue weighted by molar-refractivity contribution is -0.139. The molecule has 1 amide bonds. The fourth-order valence-corrected chi connectivity index (χ4v) is 4.67. The molecule has 0 aliphatic carbocycles. The van der Waals surface area contributed by atoms with Gasteiger partial charge >= 0.3 is 5.97 Å². The molecule has 0 radical (unpaired) electrons. The molecule has 0 aromatic heterocycles. The molecule has 1 aliphatic rings. The number of aliphatic carboxylic acids is 1. The van der Waals surface area contributed by atoms with Crippen LogP contribution in [0, 0.1) is 6.92 Å². The van der Waals surface area contributed by atoms with E-state index in [2.05, 4.69) is 15.0 Å². The van der Waals surface area contributed by atoms with Crippen LogP contribution < -0.4 is 5.32 Å². The number of carboxylic acid groups (broad SMARTS) is 1. The summed E-state index contributed by atoms with van der Waals surface area (Å²) in [4.78, 5) is 27.1. The zero-order chi connectivity index (χ0) is 28.0. The third-order valence-electron chi connectivity index (χ3n) is 5.75. The molecule has 2 aromatic carbocycles. The van der Waals surface area contributed by atoms with Gasteiger partial charge < -0.3 is 15.2 Å². The summed E-state index contributed by atoms with van der Waals surface area (Å²) in [6.07, 6.45) is 3.24. The summed E-state index contributed by atoms with van der Waals surface area (Å²) in [6, 6.07) is 12.1. The van der Waals surface area contributed by atoms with Crippen molar-refractivity contribution in [3.05, 3.63) is 59.2 Å². The molecule has 0 saturated carbocycles. The topological polar surface area (TPSA) is 113 Å². The molecule has 8 nitrogen and oxygen atoms in total. The molecule has 9 heteroatoms. The molecular formula is C28H42N2O6S. The van der Waals surface area contributed by atoms with Gasteiger partial charge in [0, 0.05) is 32.6 Å². The Morgan fingerprint density at radius 1 is 1.05 bits per heavy atom. The summed E-state index contributed by atoms with van der Waals surface area (Å²) in [7, 11) is -0.0964. The Morgan fingerprint density at radius 3 is 2.19 bits per heavy atom. The van der Waals surface area contributed by atoms with E-state index in [0.717, 1.165) is 48.1 Å². The Morgan fingerprint density at radius 2 is 1.65 bits per heavy atom. The average molecular weight is 535 g/mol. The van der Waals surface area contributed by atoms with Gasteiger partial charge in [0.15, 0.2) is 0 Å². The van der Waals surface area contributed by atoms with E-state index in [4.69, 9.17) is 0 Å². The minimum absolute atomic E-state index is 0.188. The molecule has 37 heavy (non-hydrogen) atoms. The summed E-state index contributed by atoms with van der Waals surface area (Å²) < 4.78 is 27.2. The van der Waals surface area contributed by atoms with Crippen LogP contribution >= 0.6 is 0 Å². The highest BCUT2D eigenvalue weighted by Gasteiger charge is 2.24. The second-order valence-corrected chi connectivity index (χ2v) is 11.1. The number of benzene rings is 2. The largest absolute Gasteiger partial charge is 0.480 e. The van der Waals surface area contributed by atoms with E-state index in [-0.39, 0.29) is 12.2 Å². The van der Waals surface area contributed by atoms with Crippen LogP contribution in [0.25, 0.3) is 11.1 Å². The number of nitrogens with one attached hydrogen (secondary N) is 1. The van der Waals surface area contributed by atoms with E-state index in [0.29, 0.717) is 5.56 Å². The zero-order valence-electron chi connectivity index (χ0n) is 22.9. The number of amides is 1. The van der Waals surface area contributed by atoms with Crippen molar-refractivity contribution in [2.24, 2.45) is 0 Å². The highest BCUT2D eigenvalue weighted by Crippen LogP contribution is 2.29. The summed E-state index contributed by atoms with van der Waals surface area (Å²) in [5.74, 6) is -2.11. The molecule has 1 aliphatic heterocycles. The first kappa shape index (κ1) is 32.3. The molecule has 3 rings (SSSR count). The molecule has 2 aromatic rings. The van der Waals surface area contributed by atoms with Crippen LogP contribution in [0.1, 0.15) is 54.6 Å². The van der Waals surface area contributed by atoms with E-state index in [1.165, 1.54) is 12.8 Å². The lowest BCUT2D eigenvalue weighted by Crippen LogP contribution is -2.42. The van der Waals surface area contributed by atoms with Gasteiger partial charge in [-0.2, -0.15) is 0 Å². The second-order valence-electron chi connectivity index (χ2n) is 8.87. The van der Waals surface area contributed by atoms with Gasteiger partial charge in [-0.1, -0.05) is 44.2 Å². The summed E-state index contributed by atoms with van der Waals surface area (Å²) in [5.41, 5.74) is 4.11. The summed E-state index contributed by atoms with van der Waals surface area (Å²) in [5, 5.41) is 12.0. The molecular weight excluding hydrogens is 492 g/mol. The maximum atomic E-state index is 13.1. The number of hydrogen-bond acceptors (Lipinski definition) is 6. The molecule has 0 spiro atoms. The van der Waals surface area contributed by atoms with Crippen LogP contribution in [0.5, 0.6) is 0 Å². The Hall–Kier alpha value is -2.75. The Kier molecular flexibility index (Phi) is 14.1. The Bertz CT molecular complexity index is 1110. The van der Waals surface area contributed by atoms with Crippen LogP contribution in [0.2, 0.25) is 0 Å². The van der Waals surface area contributed by atoms with Crippen molar-refractivity contribution in [3.63, 3.8) is 0 Å². The van der Waals surface area contributed by atoms with Crippen molar-refractivity contribution in [2.75, 3.05) is 39.3 Å². The minimum Gasteiger partial charge on any atom is -0.480 e. The van der Waals surface area contributed by atoms with E-state index in [9.17, 15) is 23.1 Å². The van der Waals surface area contributed by atoms with E-state index >= 15 is 0 Å². The predicted molar refractivity (Wildman–Crippen MR) is 149 cm³/mol. The Labute approximate surface area is 221 Å². The van der Waals surface area contributed by atoms with Crippen LogP contribution in [-0.4, -0.2) is 75.7 Å². The lowest BCUT2D eigenvalue weighted by atomic mass is 9.93. The maximum Gasteiger partial charge on any atom is 0.326 e. The van der Waals surface area contributed by atoms with Crippen LogP contribution in [0.3, 0.4) is 0 Å². The van der Waals surface area contributed by atoms with Crippen molar-refractivity contribution in [1.29, 1.82) is 0 Å². The van der Waals surface area contributed by atoms with Gasteiger partial charge in [-0.05, 0) is 73.7 Å². The van der Waals surface area contributed by atoms with Crippen molar-refractivity contribution in [2.45, 2.75) is 52.6 Å². The molecule has 1 saturated heterocycles. The molecule has 1 heterocycles. The van der Waals surface area contributed by atoms with E-state index in [1.54, 1.807) is 20.3 Å². The number of nitrogens with zero attached hydrogens (tertiary/aromatic N) is 1. The SMILES string of the molecule is CC.COC.Cc1ccccc1-c1cc(CN2CCCC2)ccc1C(=O)NC(CCS(C)(=O)=O)C(=O)O. The van der Waals surface area contributed by atoms with E-state index < -0.39 is 27.8 Å².